The summed E-state index contributed by atoms with van der Waals surface area (Å²) in [7, 11) is 0. The van der Waals surface area contributed by atoms with Crippen molar-refractivity contribution in [3.05, 3.63) is 96.3 Å². The van der Waals surface area contributed by atoms with Gasteiger partial charge in [-0.1, -0.05) is 24.3 Å². The van der Waals surface area contributed by atoms with Gasteiger partial charge in [-0.2, -0.15) is 0 Å². The maximum Gasteiger partial charge on any atom is 0.246 e. The summed E-state index contributed by atoms with van der Waals surface area (Å²) in [5.41, 5.74) is 2.03. The summed E-state index contributed by atoms with van der Waals surface area (Å²) in [6.45, 7) is 3.51. The van der Waals surface area contributed by atoms with Gasteiger partial charge < -0.3 is 14.5 Å². The van der Waals surface area contributed by atoms with Crippen LogP contribution < -0.4 is 4.90 Å². The van der Waals surface area contributed by atoms with Crippen molar-refractivity contribution in [2.45, 2.75) is 13.0 Å². The molecule has 5 rings (SSSR count). The number of benzene rings is 1. The van der Waals surface area contributed by atoms with E-state index in [-0.39, 0.29) is 17.1 Å². The smallest absolute Gasteiger partial charge is 0.246 e. The molecule has 1 saturated carbocycles. The highest BCUT2D eigenvalue weighted by atomic mass is 19.1. The molecule has 2 fully saturated rings. The summed E-state index contributed by atoms with van der Waals surface area (Å²) in [6.07, 6.45) is 14.6. The van der Waals surface area contributed by atoms with Crippen molar-refractivity contribution < 1.29 is 13.9 Å². The molecule has 1 amide bonds. The predicted molar refractivity (Wildman–Crippen MR) is 121 cm³/mol. The number of fused-ring (bicyclic) bond motifs is 1. The van der Waals surface area contributed by atoms with Crippen molar-refractivity contribution in [2.24, 2.45) is 11.3 Å². The van der Waals surface area contributed by atoms with Crippen LogP contribution in [0, 0.1) is 17.2 Å². The summed E-state index contributed by atoms with van der Waals surface area (Å²) >= 11 is 0. The van der Waals surface area contributed by atoms with Gasteiger partial charge in [-0.15, -0.1) is 0 Å². The molecule has 1 saturated heterocycles. The van der Waals surface area contributed by atoms with Crippen molar-refractivity contribution in [2.75, 3.05) is 31.1 Å². The van der Waals surface area contributed by atoms with Crippen LogP contribution in [-0.4, -0.2) is 42.0 Å². The van der Waals surface area contributed by atoms with Gasteiger partial charge in [0.05, 0.1) is 0 Å². The molecule has 0 bridgehead atoms. The van der Waals surface area contributed by atoms with Gasteiger partial charge in [0.1, 0.15) is 18.2 Å². The average Bonchev–Trinajstić information content (AvgIpc) is 3.57. The van der Waals surface area contributed by atoms with Gasteiger partial charge in [0.15, 0.2) is 0 Å². The van der Waals surface area contributed by atoms with E-state index in [1.807, 2.05) is 23.1 Å². The maximum absolute atomic E-state index is 13.0. The minimum absolute atomic E-state index is 0.0583. The lowest BCUT2D eigenvalue weighted by atomic mass is 9.98. The van der Waals surface area contributed by atoms with Crippen molar-refractivity contribution in [1.29, 1.82) is 0 Å². The van der Waals surface area contributed by atoms with Gasteiger partial charge in [0.25, 0.3) is 0 Å². The zero-order valence-electron chi connectivity index (χ0n) is 17.9. The molecule has 0 spiro atoms. The standard InChI is InChI=1S/C26H26FN3O2/c27-22-3-1-20(2-4-22)19-32-24-5-9-26(18-21(26)17-24)10-6-25(31)30-15-13-29(14-16-30)23-7-11-28-12-8-23/h1-12,17,21H,13-16,18-19H2/b10-6-. The Balaban J connectivity index is 1.11. The van der Waals surface area contributed by atoms with E-state index in [9.17, 15) is 9.18 Å². The normalized spacial score (nSPS) is 24.3. The second-order valence-electron chi connectivity index (χ2n) is 8.59. The van der Waals surface area contributed by atoms with Crippen LogP contribution in [0.2, 0.25) is 0 Å². The Labute approximate surface area is 187 Å². The highest BCUT2D eigenvalue weighted by molar-refractivity contribution is 5.88. The Morgan fingerprint density at radius 1 is 1.12 bits per heavy atom. The first-order valence-corrected chi connectivity index (χ1v) is 11.0. The number of halogens is 1. The summed E-state index contributed by atoms with van der Waals surface area (Å²) in [6, 6.07) is 10.4. The molecule has 5 nitrogen and oxygen atoms in total. The first-order valence-electron chi connectivity index (χ1n) is 11.0. The van der Waals surface area contributed by atoms with E-state index in [0.29, 0.717) is 12.5 Å². The zero-order valence-corrected chi connectivity index (χ0v) is 17.9. The number of piperazine rings is 1. The number of allylic oxidation sites excluding steroid dienone is 4. The lowest BCUT2D eigenvalue weighted by Crippen LogP contribution is -2.48. The van der Waals surface area contributed by atoms with Crippen molar-refractivity contribution in [3.63, 3.8) is 0 Å². The third-order valence-electron chi connectivity index (χ3n) is 6.50. The molecule has 1 aromatic heterocycles. The van der Waals surface area contributed by atoms with Gasteiger partial charge in [0.2, 0.25) is 5.91 Å². The second kappa shape index (κ2) is 8.61. The van der Waals surface area contributed by atoms with Gasteiger partial charge >= 0.3 is 0 Å². The van der Waals surface area contributed by atoms with Crippen molar-refractivity contribution in [3.8, 4) is 0 Å². The molecule has 1 aromatic carbocycles. The van der Waals surface area contributed by atoms with E-state index in [1.165, 1.54) is 12.1 Å². The number of pyridine rings is 1. The van der Waals surface area contributed by atoms with E-state index in [1.54, 1.807) is 30.6 Å². The fraction of sp³-hybridized carbons (Fsp3) is 0.308. The predicted octanol–water partition coefficient (Wildman–Crippen LogP) is 4.10. The molecular formula is C26H26FN3O2. The highest BCUT2D eigenvalue weighted by Crippen LogP contribution is 2.58. The highest BCUT2D eigenvalue weighted by Gasteiger charge is 2.50. The lowest BCUT2D eigenvalue weighted by Gasteiger charge is -2.35. The third kappa shape index (κ3) is 4.44. The van der Waals surface area contributed by atoms with E-state index in [4.69, 9.17) is 4.74 Å². The molecule has 2 atom stereocenters. The number of hydrogen-bond donors (Lipinski definition) is 0. The van der Waals surface area contributed by atoms with Gasteiger partial charge in [-0.05, 0) is 60.4 Å². The van der Waals surface area contributed by atoms with Crippen LogP contribution in [0.15, 0.2) is 84.9 Å². The molecule has 2 aliphatic carbocycles. The van der Waals surface area contributed by atoms with Gasteiger partial charge in [-0.25, -0.2) is 4.39 Å². The summed E-state index contributed by atoms with van der Waals surface area (Å²) < 4.78 is 18.9. The van der Waals surface area contributed by atoms with Crippen LogP contribution in [0.1, 0.15) is 12.0 Å². The van der Waals surface area contributed by atoms with Crippen LogP contribution >= 0.6 is 0 Å². The fourth-order valence-electron chi connectivity index (χ4n) is 4.38. The number of hydrogen-bond acceptors (Lipinski definition) is 4. The van der Waals surface area contributed by atoms with Crippen LogP contribution in [-0.2, 0) is 16.1 Å². The Morgan fingerprint density at radius 3 is 2.59 bits per heavy atom. The largest absolute Gasteiger partial charge is 0.489 e. The molecule has 1 aliphatic heterocycles. The molecule has 0 radical (unpaired) electrons. The fourth-order valence-corrected chi connectivity index (χ4v) is 4.38. The lowest BCUT2D eigenvalue weighted by molar-refractivity contribution is -0.126. The van der Waals surface area contributed by atoms with Crippen LogP contribution in [0.5, 0.6) is 0 Å². The van der Waals surface area contributed by atoms with Crippen molar-refractivity contribution in [1.82, 2.24) is 9.88 Å². The molecule has 3 aliphatic rings. The summed E-state index contributed by atoms with van der Waals surface area (Å²) in [4.78, 5) is 21.0. The molecule has 2 aromatic rings. The second-order valence-corrected chi connectivity index (χ2v) is 8.59. The van der Waals surface area contributed by atoms with Crippen LogP contribution in [0.25, 0.3) is 0 Å². The van der Waals surface area contributed by atoms with Crippen LogP contribution in [0.3, 0.4) is 0 Å². The number of rotatable bonds is 6. The Kier molecular flexibility index (Phi) is 5.52. The number of carbonyl (C=O) groups is 1. The summed E-state index contributed by atoms with van der Waals surface area (Å²) in [5, 5.41) is 0. The van der Waals surface area contributed by atoms with E-state index in [2.05, 4.69) is 28.1 Å². The van der Waals surface area contributed by atoms with Crippen LogP contribution in [0.4, 0.5) is 10.1 Å². The first-order chi connectivity index (χ1) is 15.6. The molecule has 2 unspecified atom stereocenters. The zero-order chi connectivity index (χ0) is 22.0. The number of ether oxygens (including phenoxy) is 1. The first kappa shape index (κ1) is 20.5. The Morgan fingerprint density at radius 2 is 1.88 bits per heavy atom. The molecule has 164 valence electrons. The van der Waals surface area contributed by atoms with E-state index >= 15 is 0 Å². The van der Waals surface area contributed by atoms with Gasteiger partial charge in [-0.3, -0.25) is 9.78 Å². The van der Waals surface area contributed by atoms with E-state index < -0.39 is 0 Å². The SMILES string of the molecule is O=C(/C=C\C12C=CC(OCc3ccc(F)cc3)=CC1C2)N1CCN(c2ccncc2)CC1. The summed E-state index contributed by atoms with van der Waals surface area (Å²) in [5.74, 6) is 1.03. The number of amides is 1. The average molecular weight is 432 g/mol. The van der Waals surface area contributed by atoms with Crippen molar-refractivity contribution >= 4 is 11.6 Å². The minimum Gasteiger partial charge on any atom is -0.489 e. The molecular weight excluding hydrogens is 405 g/mol. The quantitative estimate of drug-likeness (QED) is 0.646. The Bertz CT molecular complexity index is 1060. The molecule has 32 heavy (non-hydrogen) atoms. The topological polar surface area (TPSA) is 45.7 Å². The molecule has 2 heterocycles. The Hall–Kier alpha value is -3.41. The monoisotopic (exact) mass is 431 g/mol. The third-order valence-corrected chi connectivity index (χ3v) is 6.50. The number of anilines is 1. The minimum atomic E-state index is -0.245. The number of carbonyl (C=O) groups excluding carboxylic acids is 1. The molecule has 6 heteroatoms. The van der Waals surface area contributed by atoms with Gasteiger partial charge in [0, 0.05) is 49.7 Å². The number of nitrogens with zero attached hydrogens (tertiary/aromatic N) is 3. The molecule has 0 N–H and O–H groups in total. The maximum atomic E-state index is 13.0. The van der Waals surface area contributed by atoms with E-state index in [0.717, 1.165) is 49.6 Å². The number of aromatic nitrogens is 1.